The number of esters is 1. The molecule has 2 unspecified atom stereocenters. The molecule has 0 aliphatic rings. The third-order valence-corrected chi connectivity index (χ3v) is 1.50. The van der Waals surface area contributed by atoms with Crippen molar-refractivity contribution in [2.24, 2.45) is 5.73 Å². The molecule has 0 radical (unpaired) electrons. The van der Waals surface area contributed by atoms with Crippen LogP contribution in [-0.2, 0) is 14.3 Å². The molecule has 0 aliphatic carbocycles. The van der Waals surface area contributed by atoms with Gasteiger partial charge in [-0.1, -0.05) is 0 Å². The van der Waals surface area contributed by atoms with Gasteiger partial charge >= 0.3 is 5.97 Å². The molecule has 13 heavy (non-hydrogen) atoms. The zero-order valence-corrected chi connectivity index (χ0v) is 7.61. The number of aliphatic hydroxyl groups is 1. The molecule has 2 atom stereocenters. The number of ether oxygens (including phenoxy) is 1. The number of nitrogens with two attached hydrogens (primary N) is 1. The molecule has 0 heterocycles. The molecule has 0 saturated heterocycles. The van der Waals surface area contributed by atoms with Crippen LogP contribution in [0.15, 0.2) is 0 Å². The van der Waals surface area contributed by atoms with Crippen molar-refractivity contribution in [3.8, 4) is 0 Å². The van der Waals surface area contributed by atoms with Crippen molar-refractivity contribution in [3.63, 3.8) is 0 Å². The number of nitrogens with one attached hydrogen (secondary N) is 1. The predicted octanol–water partition coefficient (Wildman–Crippen LogP) is -2.02. The van der Waals surface area contributed by atoms with Crippen molar-refractivity contribution < 1.29 is 19.4 Å². The molecule has 0 bridgehead atoms. The second-order valence-electron chi connectivity index (χ2n) is 2.57. The van der Waals surface area contributed by atoms with Crippen molar-refractivity contribution in [2.45, 2.75) is 19.1 Å². The minimum atomic E-state index is -1.29. The van der Waals surface area contributed by atoms with Crippen molar-refractivity contribution in [1.82, 2.24) is 5.32 Å². The number of aliphatic hydroxyl groups excluding tert-OH is 1. The first-order valence-electron chi connectivity index (χ1n) is 3.77. The third-order valence-electron chi connectivity index (χ3n) is 1.50. The van der Waals surface area contributed by atoms with Gasteiger partial charge in [0.05, 0.1) is 7.11 Å². The second kappa shape index (κ2) is 5.50. The smallest absolute Gasteiger partial charge is 0.322 e. The van der Waals surface area contributed by atoms with E-state index in [2.05, 4.69) is 10.1 Å². The van der Waals surface area contributed by atoms with Gasteiger partial charge in [0.15, 0.2) is 0 Å². The van der Waals surface area contributed by atoms with Gasteiger partial charge in [0.2, 0.25) is 5.91 Å². The standard InChI is InChI=1S/C7H14N2O4/c1-4(7(12)13-2)9-3-5(10)6(8)11/h4-5,9-10H,3H2,1-2H3,(H2,8,11). The van der Waals surface area contributed by atoms with E-state index in [1.165, 1.54) is 7.11 Å². The number of primary amides is 1. The molecular weight excluding hydrogens is 176 g/mol. The zero-order valence-electron chi connectivity index (χ0n) is 7.61. The van der Waals surface area contributed by atoms with Crippen LogP contribution in [0.1, 0.15) is 6.92 Å². The summed E-state index contributed by atoms with van der Waals surface area (Å²) >= 11 is 0. The van der Waals surface area contributed by atoms with Gasteiger partial charge in [0, 0.05) is 6.54 Å². The summed E-state index contributed by atoms with van der Waals surface area (Å²) in [6, 6.07) is -0.570. The van der Waals surface area contributed by atoms with Crippen LogP contribution in [0.3, 0.4) is 0 Å². The highest BCUT2D eigenvalue weighted by Crippen LogP contribution is 1.86. The Hall–Kier alpha value is -1.14. The van der Waals surface area contributed by atoms with Crippen LogP contribution in [0, 0.1) is 0 Å². The van der Waals surface area contributed by atoms with Gasteiger partial charge in [-0.3, -0.25) is 9.59 Å². The highest BCUT2D eigenvalue weighted by Gasteiger charge is 2.16. The maximum atomic E-state index is 10.8. The lowest BCUT2D eigenvalue weighted by Gasteiger charge is -2.12. The van der Waals surface area contributed by atoms with E-state index in [-0.39, 0.29) is 6.54 Å². The third kappa shape index (κ3) is 4.44. The van der Waals surface area contributed by atoms with Crippen molar-refractivity contribution in [2.75, 3.05) is 13.7 Å². The normalized spacial score (nSPS) is 14.7. The molecular formula is C7H14N2O4. The van der Waals surface area contributed by atoms with E-state index >= 15 is 0 Å². The van der Waals surface area contributed by atoms with E-state index in [4.69, 9.17) is 10.8 Å². The van der Waals surface area contributed by atoms with Crippen LogP contribution >= 0.6 is 0 Å². The first-order valence-corrected chi connectivity index (χ1v) is 3.77. The minimum absolute atomic E-state index is 0.0639. The summed E-state index contributed by atoms with van der Waals surface area (Å²) in [5.74, 6) is -1.29. The Bertz CT molecular complexity index is 195. The van der Waals surface area contributed by atoms with Crippen molar-refractivity contribution in [1.29, 1.82) is 0 Å². The fourth-order valence-electron chi connectivity index (χ4n) is 0.649. The molecule has 0 saturated carbocycles. The van der Waals surface area contributed by atoms with Crippen LogP contribution < -0.4 is 11.1 Å². The summed E-state index contributed by atoms with van der Waals surface area (Å²) in [5, 5.41) is 11.5. The summed E-state index contributed by atoms with van der Waals surface area (Å²) in [6.45, 7) is 1.49. The molecule has 0 aromatic heterocycles. The Balaban J connectivity index is 3.76. The molecule has 0 aromatic rings. The fraction of sp³-hybridized carbons (Fsp3) is 0.714. The number of carbonyl (C=O) groups excluding carboxylic acids is 2. The SMILES string of the molecule is COC(=O)C(C)NCC(O)C(N)=O. The van der Waals surface area contributed by atoms with Crippen LogP contribution in [0.5, 0.6) is 0 Å². The van der Waals surface area contributed by atoms with Crippen LogP contribution in [-0.4, -0.2) is 42.8 Å². The van der Waals surface area contributed by atoms with Crippen LogP contribution in [0.4, 0.5) is 0 Å². The summed E-state index contributed by atoms with van der Waals surface area (Å²) in [5.41, 5.74) is 4.79. The van der Waals surface area contributed by atoms with E-state index in [1.807, 2.05) is 0 Å². The van der Waals surface area contributed by atoms with Gasteiger partial charge in [-0.2, -0.15) is 0 Å². The Kier molecular flexibility index (Phi) is 5.01. The number of rotatable bonds is 5. The molecule has 0 aromatic carbocycles. The molecule has 0 fully saturated rings. The molecule has 0 rings (SSSR count). The largest absolute Gasteiger partial charge is 0.468 e. The van der Waals surface area contributed by atoms with Crippen LogP contribution in [0.2, 0.25) is 0 Å². The van der Waals surface area contributed by atoms with Gasteiger partial charge in [-0.15, -0.1) is 0 Å². The van der Waals surface area contributed by atoms with Crippen molar-refractivity contribution >= 4 is 11.9 Å². The Labute approximate surface area is 76.0 Å². The van der Waals surface area contributed by atoms with E-state index < -0.39 is 24.0 Å². The summed E-state index contributed by atoms with van der Waals surface area (Å²) in [7, 11) is 1.25. The lowest BCUT2D eigenvalue weighted by molar-refractivity contribution is -0.143. The molecule has 6 nitrogen and oxygen atoms in total. The fourth-order valence-corrected chi connectivity index (χ4v) is 0.649. The zero-order chi connectivity index (χ0) is 10.4. The molecule has 76 valence electrons. The second-order valence-corrected chi connectivity index (χ2v) is 2.57. The first-order chi connectivity index (χ1) is 5.99. The lowest BCUT2D eigenvalue weighted by atomic mass is 10.3. The first kappa shape index (κ1) is 11.9. The Morgan fingerprint density at radius 2 is 2.15 bits per heavy atom. The van der Waals surface area contributed by atoms with Gasteiger partial charge in [-0.25, -0.2) is 0 Å². The maximum Gasteiger partial charge on any atom is 0.322 e. The van der Waals surface area contributed by atoms with E-state index in [1.54, 1.807) is 6.92 Å². The predicted molar refractivity (Wildman–Crippen MR) is 44.7 cm³/mol. The van der Waals surface area contributed by atoms with Gasteiger partial charge < -0.3 is 20.9 Å². The van der Waals surface area contributed by atoms with E-state index in [9.17, 15) is 9.59 Å². The molecule has 1 amide bonds. The Morgan fingerprint density at radius 1 is 1.62 bits per heavy atom. The topological polar surface area (TPSA) is 102 Å². The highest BCUT2D eigenvalue weighted by atomic mass is 16.5. The number of methoxy groups -OCH3 is 1. The Morgan fingerprint density at radius 3 is 2.54 bits per heavy atom. The molecule has 0 aliphatic heterocycles. The molecule has 6 heteroatoms. The van der Waals surface area contributed by atoms with Crippen LogP contribution in [0.25, 0.3) is 0 Å². The highest BCUT2D eigenvalue weighted by molar-refractivity contribution is 5.79. The number of carbonyl (C=O) groups is 2. The van der Waals surface area contributed by atoms with Crippen molar-refractivity contribution in [3.05, 3.63) is 0 Å². The van der Waals surface area contributed by atoms with Gasteiger partial charge in [0.1, 0.15) is 12.1 Å². The van der Waals surface area contributed by atoms with Gasteiger partial charge in [0.25, 0.3) is 0 Å². The molecule has 4 N–H and O–H groups in total. The average Bonchev–Trinajstić information content (AvgIpc) is 2.11. The summed E-state index contributed by atoms with van der Waals surface area (Å²) in [4.78, 5) is 21.2. The van der Waals surface area contributed by atoms with Gasteiger partial charge in [-0.05, 0) is 6.92 Å². The monoisotopic (exact) mass is 190 g/mol. The number of amides is 1. The summed E-state index contributed by atoms with van der Waals surface area (Å²) in [6.07, 6.45) is -1.29. The minimum Gasteiger partial charge on any atom is -0.468 e. The number of hydrogen-bond acceptors (Lipinski definition) is 5. The maximum absolute atomic E-state index is 10.8. The summed E-state index contributed by atoms with van der Waals surface area (Å²) < 4.78 is 4.41. The van der Waals surface area contributed by atoms with E-state index in [0.717, 1.165) is 0 Å². The quantitative estimate of drug-likeness (QED) is 0.434. The van der Waals surface area contributed by atoms with E-state index in [0.29, 0.717) is 0 Å². The average molecular weight is 190 g/mol. The lowest BCUT2D eigenvalue weighted by Crippen LogP contribution is -2.43. The number of hydrogen-bond donors (Lipinski definition) is 3. The molecule has 0 spiro atoms.